The van der Waals surface area contributed by atoms with Gasteiger partial charge >= 0.3 is 0 Å². The molecular weight excluding hydrogens is 300 g/mol. The van der Waals surface area contributed by atoms with E-state index in [1.54, 1.807) is 6.20 Å². The maximum absolute atomic E-state index is 12.2. The smallest absolute Gasteiger partial charge is 0.237 e. The van der Waals surface area contributed by atoms with Crippen LogP contribution in [0.1, 0.15) is 24.0 Å². The molecule has 24 heavy (non-hydrogen) atoms. The van der Waals surface area contributed by atoms with E-state index in [0.717, 1.165) is 37.3 Å². The Balaban J connectivity index is 1.64. The second kappa shape index (κ2) is 7.93. The first-order valence-electron chi connectivity index (χ1n) is 8.44. The largest absolute Gasteiger partial charge is 0.355 e. The van der Waals surface area contributed by atoms with Crippen LogP contribution in [0.25, 0.3) is 0 Å². The van der Waals surface area contributed by atoms with Gasteiger partial charge in [0, 0.05) is 31.9 Å². The molecular formula is C19H24N4O. The van der Waals surface area contributed by atoms with Crippen LogP contribution in [0.3, 0.4) is 0 Å². The molecule has 0 radical (unpaired) electrons. The third-order valence-corrected chi connectivity index (χ3v) is 4.32. The molecule has 2 heterocycles. The molecule has 126 valence electrons. The van der Waals surface area contributed by atoms with E-state index in [2.05, 4.69) is 32.7 Å². The van der Waals surface area contributed by atoms with Crippen LogP contribution in [0.15, 0.2) is 48.7 Å². The molecule has 1 aromatic heterocycles. The van der Waals surface area contributed by atoms with Gasteiger partial charge in [0.15, 0.2) is 0 Å². The Hall–Kier alpha value is -2.40. The lowest BCUT2D eigenvalue weighted by molar-refractivity contribution is -0.122. The summed E-state index contributed by atoms with van der Waals surface area (Å²) >= 11 is 0. The Morgan fingerprint density at radius 3 is 2.88 bits per heavy atom. The summed E-state index contributed by atoms with van der Waals surface area (Å²) in [5, 5.41) is 6.26. The maximum Gasteiger partial charge on any atom is 0.237 e. The summed E-state index contributed by atoms with van der Waals surface area (Å²) in [6.07, 6.45) is 3.77. The van der Waals surface area contributed by atoms with Crippen molar-refractivity contribution in [2.45, 2.75) is 32.0 Å². The number of carbonyl (C=O) groups is 1. The molecule has 3 rings (SSSR count). The van der Waals surface area contributed by atoms with Crippen molar-refractivity contribution in [1.82, 2.24) is 15.6 Å². The Labute approximate surface area is 143 Å². The average Bonchev–Trinajstić information content (AvgIpc) is 3.15. The van der Waals surface area contributed by atoms with Crippen molar-refractivity contribution in [3.63, 3.8) is 0 Å². The second-order valence-corrected chi connectivity index (χ2v) is 6.19. The predicted molar refractivity (Wildman–Crippen MR) is 95.7 cm³/mol. The zero-order valence-electron chi connectivity index (χ0n) is 14.0. The van der Waals surface area contributed by atoms with Gasteiger partial charge in [0.1, 0.15) is 5.82 Å². The van der Waals surface area contributed by atoms with Gasteiger partial charge in [0.25, 0.3) is 0 Å². The molecule has 0 spiro atoms. The molecule has 1 aromatic carbocycles. The van der Waals surface area contributed by atoms with Gasteiger partial charge in [-0.15, -0.1) is 0 Å². The number of nitrogens with one attached hydrogen (secondary N) is 2. The molecule has 0 bridgehead atoms. The maximum atomic E-state index is 12.2. The van der Waals surface area contributed by atoms with Gasteiger partial charge in [-0.25, -0.2) is 4.98 Å². The standard InChI is InChI=1S/C19H24N4O/c1-23(14-15-7-3-2-4-8-15)18-16(9-5-12-21-18)13-22-19(24)17-10-6-11-20-17/h2-5,7-9,12,17,20H,6,10-11,13-14H2,1H3,(H,22,24)/t17-/m1/s1. The van der Waals surface area contributed by atoms with Gasteiger partial charge in [-0.1, -0.05) is 36.4 Å². The van der Waals surface area contributed by atoms with Gasteiger partial charge in [0.05, 0.1) is 6.04 Å². The summed E-state index contributed by atoms with van der Waals surface area (Å²) < 4.78 is 0. The zero-order chi connectivity index (χ0) is 16.8. The first-order valence-corrected chi connectivity index (χ1v) is 8.44. The fourth-order valence-electron chi connectivity index (χ4n) is 3.06. The number of rotatable bonds is 6. The van der Waals surface area contributed by atoms with Crippen LogP contribution in [0, 0.1) is 0 Å². The molecule has 1 aliphatic heterocycles. The van der Waals surface area contributed by atoms with E-state index in [1.165, 1.54) is 5.56 Å². The van der Waals surface area contributed by atoms with Gasteiger partial charge in [0.2, 0.25) is 5.91 Å². The van der Waals surface area contributed by atoms with Crippen molar-refractivity contribution < 1.29 is 4.79 Å². The van der Waals surface area contributed by atoms with Gasteiger partial charge in [-0.3, -0.25) is 4.79 Å². The fraction of sp³-hybridized carbons (Fsp3) is 0.368. The summed E-state index contributed by atoms with van der Waals surface area (Å²) in [5.41, 5.74) is 2.26. The van der Waals surface area contributed by atoms with Crippen LogP contribution >= 0.6 is 0 Å². The van der Waals surface area contributed by atoms with Crippen molar-refractivity contribution >= 4 is 11.7 Å². The predicted octanol–water partition coefficient (Wildman–Crippen LogP) is 2.09. The molecule has 1 atom stereocenters. The van der Waals surface area contributed by atoms with E-state index >= 15 is 0 Å². The second-order valence-electron chi connectivity index (χ2n) is 6.19. The van der Waals surface area contributed by atoms with E-state index in [9.17, 15) is 4.79 Å². The molecule has 2 aromatic rings. The number of hydrogen-bond acceptors (Lipinski definition) is 4. The van der Waals surface area contributed by atoms with Gasteiger partial charge in [-0.05, 0) is 31.0 Å². The van der Waals surface area contributed by atoms with E-state index < -0.39 is 0 Å². The molecule has 1 fully saturated rings. The SMILES string of the molecule is CN(Cc1ccccc1)c1ncccc1CNC(=O)[C@H]1CCCN1. The highest BCUT2D eigenvalue weighted by molar-refractivity contribution is 5.82. The first-order chi connectivity index (χ1) is 11.7. The van der Waals surface area contributed by atoms with Crippen molar-refractivity contribution in [3.8, 4) is 0 Å². The normalized spacial score (nSPS) is 16.8. The molecule has 1 amide bonds. The Kier molecular flexibility index (Phi) is 5.43. The fourth-order valence-corrected chi connectivity index (χ4v) is 3.06. The number of carbonyl (C=O) groups excluding carboxylic acids is 1. The van der Waals surface area contributed by atoms with Crippen LogP contribution in [0.4, 0.5) is 5.82 Å². The van der Waals surface area contributed by atoms with Crippen LogP contribution in [-0.2, 0) is 17.9 Å². The summed E-state index contributed by atoms with van der Waals surface area (Å²) in [5.74, 6) is 0.981. The Morgan fingerprint density at radius 1 is 1.29 bits per heavy atom. The third kappa shape index (κ3) is 4.11. The highest BCUT2D eigenvalue weighted by Gasteiger charge is 2.21. The summed E-state index contributed by atoms with van der Waals surface area (Å²) in [6, 6.07) is 14.2. The monoisotopic (exact) mass is 324 g/mol. The van der Waals surface area contributed by atoms with Crippen LogP contribution in [0.2, 0.25) is 0 Å². The molecule has 1 saturated heterocycles. The lowest BCUT2D eigenvalue weighted by Crippen LogP contribution is -2.40. The number of nitrogens with zero attached hydrogens (tertiary/aromatic N) is 2. The quantitative estimate of drug-likeness (QED) is 0.854. The average molecular weight is 324 g/mol. The molecule has 0 unspecified atom stereocenters. The topological polar surface area (TPSA) is 57.3 Å². The van der Waals surface area contributed by atoms with E-state index in [-0.39, 0.29) is 11.9 Å². The highest BCUT2D eigenvalue weighted by atomic mass is 16.2. The van der Waals surface area contributed by atoms with Crippen molar-refractivity contribution in [2.24, 2.45) is 0 Å². The molecule has 5 heteroatoms. The zero-order valence-corrected chi connectivity index (χ0v) is 14.0. The number of aromatic nitrogens is 1. The minimum absolute atomic E-state index is 0.0489. The minimum atomic E-state index is -0.0489. The Morgan fingerprint density at radius 2 is 2.12 bits per heavy atom. The lowest BCUT2D eigenvalue weighted by atomic mass is 10.2. The number of benzene rings is 1. The van der Waals surface area contributed by atoms with Gasteiger partial charge < -0.3 is 15.5 Å². The molecule has 0 aliphatic carbocycles. The van der Waals surface area contributed by atoms with Crippen molar-refractivity contribution in [1.29, 1.82) is 0 Å². The summed E-state index contributed by atoms with van der Waals surface area (Å²) in [6.45, 7) is 2.21. The lowest BCUT2D eigenvalue weighted by Gasteiger charge is -2.21. The highest BCUT2D eigenvalue weighted by Crippen LogP contribution is 2.18. The molecule has 0 saturated carbocycles. The first kappa shape index (κ1) is 16.5. The summed E-state index contributed by atoms with van der Waals surface area (Å²) in [7, 11) is 2.03. The Bertz CT molecular complexity index is 668. The summed E-state index contributed by atoms with van der Waals surface area (Å²) in [4.78, 5) is 18.8. The van der Waals surface area contributed by atoms with E-state index in [0.29, 0.717) is 6.54 Å². The third-order valence-electron chi connectivity index (χ3n) is 4.32. The number of anilines is 1. The van der Waals surface area contributed by atoms with Crippen LogP contribution in [-0.4, -0.2) is 30.5 Å². The number of hydrogen-bond donors (Lipinski definition) is 2. The van der Waals surface area contributed by atoms with E-state index in [4.69, 9.17) is 0 Å². The minimum Gasteiger partial charge on any atom is -0.355 e. The van der Waals surface area contributed by atoms with Crippen LogP contribution < -0.4 is 15.5 Å². The molecule has 2 N–H and O–H groups in total. The molecule has 1 aliphatic rings. The number of pyridine rings is 1. The van der Waals surface area contributed by atoms with Gasteiger partial charge in [-0.2, -0.15) is 0 Å². The van der Waals surface area contributed by atoms with Crippen LogP contribution in [0.5, 0.6) is 0 Å². The molecule has 5 nitrogen and oxygen atoms in total. The van der Waals surface area contributed by atoms with E-state index in [1.807, 2.05) is 37.4 Å². The number of amides is 1. The van der Waals surface area contributed by atoms with Crippen molar-refractivity contribution in [3.05, 3.63) is 59.8 Å². The van der Waals surface area contributed by atoms with Crippen molar-refractivity contribution in [2.75, 3.05) is 18.5 Å².